The van der Waals surface area contributed by atoms with Crippen LogP contribution < -0.4 is 0 Å². The van der Waals surface area contributed by atoms with Crippen LogP contribution in [0.15, 0.2) is 36.4 Å². The molecule has 0 heterocycles. The Morgan fingerprint density at radius 2 is 2.00 bits per heavy atom. The van der Waals surface area contributed by atoms with E-state index in [1.807, 2.05) is 13.8 Å². The molecule has 1 rings (SSSR count). The highest BCUT2D eigenvalue weighted by Gasteiger charge is 2.15. The van der Waals surface area contributed by atoms with Gasteiger partial charge in [0.1, 0.15) is 0 Å². The Morgan fingerprint density at radius 1 is 1.35 bits per heavy atom. The number of hydrogen-bond acceptors (Lipinski definition) is 3. The van der Waals surface area contributed by atoms with Gasteiger partial charge in [0.25, 0.3) is 5.91 Å². The molecule has 0 spiro atoms. The van der Waals surface area contributed by atoms with Gasteiger partial charge in [0, 0.05) is 24.9 Å². The van der Waals surface area contributed by atoms with Crippen molar-refractivity contribution in [3.8, 4) is 0 Å². The number of carbonyl (C=O) groups excluding carboxylic acids is 1. The molecule has 0 aliphatic rings. The molecule has 0 N–H and O–H groups in total. The summed E-state index contributed by atoms with van der Waals surface area (Å²) >= 11 is 0. The van der Waals surface area contributed by atoms with Crippen molar-refractivity contribution in [2.45, 2.75) is 19.6 Å². The molecule has 1 amide bonds. The second kappa shape index (κ2) is 6.70. The van der Waals surface area contributed by atoms with Crippen LogP contribution in [0.1, 0.15) is 29.8 Å². The van der Waals surface area contributed by atoms with Crippen LogP contribution in [0.5, 0.6) is 0 Å². The Bertz CT molecular complexity index is 605. The third-order valence-electron chi connectivity index (χ3n) is 2.73. The molecular formula is C15H21NO3S. The summed E-state index contributed by atoms with van der Waals surface area (Å²) in [6, 6.07) is 6.77. The van der Waals surface area contributed by atoms with Crippen LogP contribution in [-0.4, -0.2) is 38.6 Å². The number of sulfone groups is 1. The van der Waals surface area contributed by atoms with Gasteiger partial charge in [-0.3, -0.25) is 4.79 Å². The zero-order valence-corrected chi connectivity index (χ0v) is 13.0. The first kappa shape index (κ1) is 16.4. The first-order valence-corrected chi connectivity index (χ1v) is 8.49. The maximum absolute atomic E-state index is 12.4. The molecule has 0 saturated carbocycles. The molecule has 5 heteroatoms. The van der Waals surface area contributed by atoms with Gasteiger partial charge in [-0.15, -0.1) is 0 Å². The maximum Gasteiger partial charge on any atom is 0.254 e. The van der Waals surface area contributed by atoms with E-state index in [1.165, 1.54) is 6.26 Å². The fourth-order valence-corrected chi connectivity index (χ4v) is 2.72. The van der Waals surface area contributed by atoms with Crippen molar-refractivity contribution in [3.63, 3.8) is 0 Å². The van der Waals surface area contributed by atoms with E-state index in [0.29, 0.717) is 24.2 Å². The first-order chi connectivity index (χ1) is 9.23. The summed E-state index contributed by atoms with van der Waals surface area (Å²) in [6.07, 6.45) is 1.18. The molecule has 0 unspecified atom stereocenters. The van der Waals surface area contributed by atoms with E-state index in [9.17, 15) is 13.2 Å². The summed E-state index contributed by atoms with van der Waals surface area (Å²) in [4.78, 5) is 14.0. The highest BCUT2D eigenvalue weighted by molar-refractivity contribution is 7.89. The number of carbonyl (C=O) groups is 1. The quantitative estimate of drug-likeness (QED) is 0.757. The van der Waals surface area contributed by atoms with Crippen molar-refractivity contribution < 1.29 is 13.2 Å². The average molecular weight is 295 g/mol. The lowest BCUT2D eigenvalue weighted by Gasteiger charge is -2.21. The van der Waals surface area contributed by atoms with E-state index in [4.69, 9.17) is 0 Å². The van der Waals surface area contributed by atoms with Gasteiger partial charge < -0.3 is 4.90 Å². The Balaban J connectivity index is 2.98. The van der Waals surface area contributed by atoms with Crippen LogP contribution in [0.3, 0.4) is 0 Å². The molecule has 0 aliphatic carbocycles. The van der Waals surface area contributed by atoms with E-state index in [2.05, 4.69) is 6.58 Å². The third-order valence-corrected chi connectivity index (χ3v) is 3.59. The monoisotopic (exact) mass is 295 g/mol. The van der Waals surface area contributed by atoms with Crippen molar-refractivity contribution >= 4 is 15.7 Å². The van der Waals surface area contributed by atoms with Gasteiger partial charge in [0.05, 0.1) is 5.75 Å². The molecule has 110 valence electrons. The summed E-state index contributed by atoms with van der Waals surface area (Å²) in [5, 5.41) is 0. The van der Waals surface area contributed by atoms with Crippen molar-refractivity contribution in [1.82, 2.24) is 4.90 Å². The Labute approximate surface area is 121 Å². The van der Waals surface area contributed by atoms with Crippen LogP contribution in [0.4, 0.5) is 0 Å². The number of benzene rings is 1. The van der Waals surface area contributed by atoms with Crippen LogP contribution in [0.2, 0.25) is 0 Å². The molecule has 20 heavy (non-hydrogen) atoms. The zero-order valence-electron chi connectivity index (χ0n) is 12.2. The van der Waals surface area contributed by atoms with Crippen LogP contribution in [-0.2, 0) is 15.6 Å². The summed E-state index contributed by atoms with van der Waals surface area (Å²) in [5.74, 6) is -0.161. The second-order valence-electron chi connectivity index (χ2n) is 5.05. The molecule has 0 saturated heterocycles. The minimum Gasteiger partial charge on any atom is -0.335 e. The lowest BCUT2D eigenvalue weighted by atomic mass is 10.1. The van der Waals surface area contributed by atoms with E-state index >= 15 is 0 Å². The van der Waals surface area contributed by atoms with E-state index in [1.54, 1.807) is 29.2 Å². The number of likely N-dealkylation sites (N-methyl/N-ethyl adjacent to an activating group) is 1. The minimum atomic E-state index is -3.10. The topological polar surface area (TPSA) is 54.5 Å². The smallest absolute Gasteiger partial charge is 0.254 e. The Morgan fingerprint density at radius 3 is 2.50 bits per heavy atom. The fourth-order valence-electron chi connectivity index (χ4n) is 1.93. The van der Waals surface area contributed by atoms with Gasteiger partial charge >= 0.3 is 0 Å². The Hall–Kier alpha value is -1.62. The molecule has 0 atom stereocenters. The third kappa shape index (κ3) is 5.17. The normalized spacial score (nSPS) is 11.2. The summed E-state index contributed by atoms with van der Waals surface area (Å²) in [6.45, 7) is 8.68. The first-order valence-electron chi connectivity index (χ1n) is 6.43. The predicted molar refractivity (Wildman–Crippen MR) is 81.4 cm³/mol. The molecule has 1 aromatic rings. The highest BCUT2D eigenvalue weighted by atomic mass is 32.2. The lowest BCUT2D eigenvalue weighted by molar-refractivity contribution is 0.0778. The van der Waals surface area contributed by atoms with E-state index in [0.717, 1.165) is 5.57 Å². The lowest BCUT2D eigenvalue weighted by Crippen LogP contribution is -2.32. The van der Waals surface area contributed by atoms with Crippen LogP contribution in [0, 0.1) is 0 Å². The van der Waals surface area contributed by atoms with Crippen LogP contribution in [0.25, 0.3) is 0 Å². The number of amides is 1. The van der Waals surface area contributed by atoms with Gasteiger partial charge in [-0.1, -0.05) is 24.3 Å². The van der Waals surface area contributed by atoms with E-state index < -0.39 is 9.84 Å². The number of rotatable bonds is 6. The van der Waals surface area contributed by atoms with E-state index in [-0.39, 0.29) is 11.7 Å². The summed E-state index contributed by atoms with van der Waals surface area (Å²) < 4.78 is 22.6. The molecule has 4 nitrogen and oxygen atoms in total. The van der Waals surface area contributed by atoms with Gasteiger partial charge in [0.15, 0.2) is 9.84 Å². The van der Waals surface area contributed by atoms with Gasteiger partial charge in [-0.05, 0) is 31.5 Å². The minimum absolute atomic E-state index is 0.0548. The zero-order chi connectivity index (χ0) is 15.3. The molecule has 0 bridgehead atoms. The van der Waals surface area contributed by atoms with Gasteiger partial charge in [-0.25, -0.2) is 8.42 Å². The molecule has 1 aromatic carbocycles. The molecule has 0 radical (unpaired) electrons. The molecule has 0 aromatic heterocycles. The van der Waals surface area contributed by atoms with Gasteiger partial charge in [0.2, 0.25) is 0 Å². The van der Waals surface area contributed by atoms with Crippen molar-refractivity contribution in [1.29, 1.82) is 0 Å². The van der Waals surface area contributed by atoms with Crippen molar-refractivity contribution in [2.75, 3.05) is 19.3 Å². The summed E-state index contributed by atoms with van der Waals surface area (Å²) in [5.41, 5.74) is 2.05. The second-order valence-corrected chi connectivity index (χ2v) is 7.19. The largest absolute Gasteiger partial charge is 0.335 e. The molecule has 0 fully saturated rings. The predicted octanol–water partition coefficient (Wildman–Crippen LogP) is 2.27. The highest BCUT2D eigenvalue weighted by Crippen LogP contribution is 2.12. The number of hydrogen-bond donors (Lipinski definition) is 0. The SMILES string of the molecule is C=C(C)CN(CC)C(=O)c1cccc(CS(C)(=O)=O)c1. The van der Waals surface area contributed by atoms with Crippen molar-refractivity contribution in [3.05, 3.63) is 47.5 Å². The summed E-state index contributed by atoms with van der Waals surface area (Å²) in [7, 11) is -3.10. The van der Waals surface area contributed by atoms with Gasteiger partial charge in [-0.2, -0.15) is 0 Å². The molecule has 0 aliphatic heterocycles. The average Bonchev–Trinajstić information content (AvgIpc) is 2.33. The maximum atomic E-state index is 12.4. The Kier molecular flexibility index (Phi) is 5.51. The standard InChI is InChI=1S/C15H21NO3S/c1-5-16(10-12(2)3)15(17)14-8-6-7-13(9-14)11-20(4,18)19/h6-9H,2,5,10-11H2,1,3-4H3. The number of nitrogens with zero attached hydrogens (tertiary/aromatic N) is 1. The fraction of sp³-hybridized carbons (Fsp3) is 0.400. The molecular weight excluding hydrogens is 274 g/mol. The van der Waals surface area contributed by atoms with Crippen molar-refractivity contribution in [2.24, 2.45) is 0 Å². The van der Waals surface area contributed by atoms with Crippen LogP contribution >= 0.6 is 0 Å².